The van der Waals surface area contributed by atoms with Crippen LogP contribution in [0.1, 0.15) is 75.6 Å². The van der Waals surface area contributed by atoms with Crippen LogP contribution >= 0.6 is 0 Å². The monoisotopic (exact) mass is 1030 g/mol. The van der Waals surface area contributed by atoms with Crippen LogP contribution in [0.15, 0.2) is 167 Å². The van der Waals surface area contributed by atoms with E-state index in [1.165, 1.54) is 35.5 Å². The summed E-state index contributed by atoms with van der Waals surface area (Å²) < 4.78 is 59.3. The van der Waals surface area contributed by atoms with E-state index in [0.29, 0.717) is 11.3 Å². The maximum Gasteiger partial charge on any atom is 0.138 e. The van der Waals surface area contributed by atoms with Gasteiger partial charge in [0.15, 0.2) is 0 Å². The van der Waals surface area contributed by atoms with Gasteiger partial charge in [0.2, 0.25) is 0 Å². The molecule has 7 aromatic carbocycles. The van der Waals surface area contributed by atoms with Gasteiger partial charge in [-0.05, 0) is 95.5 Å². The van der Waals surface area contributed by atoms with Crippen LogP contribution in [-0.2, 0) is 20.1 Å². The zero-order valence-electron chi connectivity index (χ0n) is 42.7. The number of rotatable bonds is 7. The van der Waals surface area contributed by atoms with Gasteiger partial charge < -0.3 is 18.4 Å². The number of imidazole rings is 1. The maximum absolute atomic E-state index is 7.28. The number of para-hydroxylation sites is 3. The third kappa shape index (κ3) is 8.14. The van der Waals surface area contributed by atoms with E-state index in [2.05, 4.69) is 159 Å². The van der Waals surface area contributed by atoms with Gasteiger partial charge in [0, 0.05) is 62.1 Å². The Morgan fingerprint density at radius 1 is 0.631 bits per heavy atom. The van der Waals surface area contributed by atoms with Crippen molar-refractivity contribution >= 4 is 43.9 Å². The second kappa shape index (κ2) is 18.0. The van der Waals surface area contributed by atoms with Crippen molar-refractivity contribution in [1.82, 2.24) is 14.5 Å². The Bertz CT molecular complexity index is 3620. The van der Waals surface area contributed by atoms with Crippen LogP contribution in [-0.4, -0.2) is 14.5 Å². The third-order valence-electron chi connectivity index (χ3n) is 11.9. The number of hydrogen-bond acceptors (Lipinski definition) is 4. The van der Waals surface area contributed by atoms with E-state index in [1.807, 2.05) is 18.2 Å². The number of benzene rings is 7. The summed E-state index contributed by atoms with van der Waals surface area (Å²) in [6.07, 6.45) is 1.30. The van der Waals surface area contributed by atoms with Crippen molar-refractivity contribution in [2.75, 3.05) is 0 Å². The zero-order valence-corrected chi connectivity index (χ0v) is 39.1. The van der Waals surface area contributed by atoms with Crippen molar-refractivity contribution < 1.29 is 37.2 Å². The number of fused-ring (bicyclic) bond motifs is 5. The normalized spacial score (nSPS) is 13.2. The van der Waals surface area contributed by atoms with Gasteiger partial charge in [-0.1, -0.05) is 130 Å². The smallest absolute Gasteiger partial charge is 0.138 e. The van der Waals surface area contributed by atoms with E-state index in [-0.39, 0.29) is 43.1 Å². The van der Waals surface area contributed by atoms with Crippen LogP contribution in [0.4, 0.5) is 0 Å². The van der Waals surface area contributed by atoms with Crippen LogP contribution in [0.5, 0.6) is 0 Å². The van der Waals surface area contributed by atoms with Gasteiger partial charge in [0.05, 0.1) is 22.4 Å². The summed E-state index contributed by atoms with van der Waals surface area (Å²) in [7, 11) is 0. The standard InChI is InChI=1S/C46H37N2O2.C13H12N.Ir/c1-27(2)37-24-32(44-29(5)33-16-9-12-21-41(33)49-44)25-38(28(3)4)43(37)48-40-20-11-10-19-39(40)47-46(48)36-18-13-17-35-34-23-22-31(26-42(34)50-45(35)36)30-14-7-6-8-15-30;1-10-3-6-12(7-4-10)13-8-5-11(2)9-14-13;/h6-17,19-28H,1-5H3;3-6,8-9H,1-2H3;/q2*-1;/i;1D3,2D3;. The average molecular weight is 1030 g/mol. The Morgan fingerprint density at radius 2 is 1.37 bits per heavy atom. The molecule has 0 fully saturated rings. The second-order valence-electron chi connectivity index (χ2n) is 16.8. The van der Waals surface area contributed by atoms with Gasteiger partial charge in [-0.25, -0.2) is 0 Å². The fraction of sp³-hybridized carbons (Fsp3) is 0.153. The molecule has 4 heterocycles. The van der Waals surface area contributed by atoms with Crippen LogP contribution in [0.2, 0.25) is 0 Å². The molecule has 4 aromatic heterocycles. The molecule has 1 radical (unpaired) electrons. The zero-order chi connectivity index (χ0) is 49.1. The van der Waals surface area contributed by atoms with Gasteiger partial charge in [-0.15, -0.1) is 53.6 Å². The molecule has 0 saturated carbocycles. The minimum absolute atomic E-state index is 0. The summed E-state index contributed by atoms with van der Waals surface area (Å²) >= 11 is 0. The fourth-order valence-corrected chi connectivity index (χ4v) is 8.67. The molecule has 0 bridgehead atoms. The molecule has 11 aromatic rings. The second-order valence-corrected chi connectivity index (χ2v) is 16.8. The topological polar surface area (TPSA) is 57.0 Å². The predicted octanol–water partition coefficient (Wildman–Crippen LogP) is 16.2. The first-order valence-electron chi connectivity index (χ1n) is 24.6. The molecule has 5 nitrogen and oxygen atoms in total. The summed E-state index contributed by atoms with van der Waals surface area (Å²) in [6.45, 7) is 6.91. The molecular weight excluding hydrogens is 975 g/mol. The minimum atomic E-state index is -2.18. The van der Waals surface area contributed by atoms with E-state index >= 15 is 0 Å². The summed E-state index contributed by atoms with van der Waals surface area (Å²) in [5.41, 5.74) is 15.1. The van der Waals surface area contributed by atoms with Gasteiger partial charge in [0.1, 0.15) is 16.9 Å². The van der Waals surface area contributed by atoms with Crippen LogP contribution in [0.25, 0.3) is 94.7 Å². The van der Waals surface area contributed by atoms with E-state index < -0.39 is 13.7 Å². The number of aryl methyl sites for hydroxylation is 3. The van der Waals surface area contributed by atoms with Crippen molar-refractivity contribution in [3.63, 3.8) is 0 Å². The molecule has 11 rings (SSSR count). The Morgan fingerprint density at radius 3 is 2.08 bits per heavy atom. The molecule has 0 amide bonds. The maximum atomic E-state index is 7.28. The molecular formula is C59H49IrN3O2-2. The number of furan rings is 2. The number of aromatic nitrogens is 3. The van der Waals surface area contributed by atoms with E-state index in [1.54, 1.807) is 12.1 Å². The van der Waals surface area contributed by atoms with Gasteiger partial charge in [0.25, 0.3) is 0 Å². The largest absolute Gasteiger partial charge is 0.501 e. The first kappa shape index (κ1) is 36.5. The van der Waals surface area contributed by atoms with Gasteiger partial charge in [-0.3, -0.25) is 4.98 Å². The van der Waals surface area contributed by atoms with Crippen LogP contribution < -0.4 is 0 Å². The molecule has 0 aliphatic rings. The predicted molar refractivity (Wildman–Crippen MR) is 264 cm³/mol. The van der Waals surface area contributed by atoms with Gasteiger partial charge >= 0.3 is 0 Å². The van der Waals surface area contributed by atoms with E-state index in [0.717, 1.165) is 89.0 Å². The molecule has 0 saturated heterocycles. The first-order chi connectivity index (χ1) is 33.5. The Balaban J connectivity index is 0.000000251. The Hall–Kier alpha value is -6.85. The average Bonchev–Trinajstić information content (AvgIpc) is 4.04. The Labute approximate surface area is 402 Å². The molecule has 323 valence electrons. The fourth-order valence-electron chi connectivity index (χ4n) is 8.67. The molecule has 65 heavy (non-hydrogen) atoms. The number of nitrogens with zero attached hydrogens (tertiary/aromatic N) is 3. The SMILES string of the molecule is Cc1c(-c2cc(C(C)C)c(-n3c(-c4[c-]ccc5c4oc4cc(-c6ccccc6)ccc45)nc4ccccc43)c(C(C)C)c2)oc2ccccc12.[2H]C([2H])([2H])c1c[c-]c(-c2ccc(C([2H])([2H])[2H])cn2)cc1.[Ir]. The minimum Gasteiger partial charge on any atom is -0.501 e. The number of hydrogen-bond donors (Lipinski definition) is 0. The molecule has 0 atom stereocenters. The van der Waals surface area contributed by atoms with Crippen LogP contribution in [0, 0.1) is 32.8 Å². The summed E-state index contributed by atoms with van der Waals surface area (Å²) in [4.78, 5) is 9.40. The van der Waals surface area contributed by atoms with Crippen molar-refractivity contribution in [3.8, 4) is 50.8 Å². The van der Waals surface area contributed by atoms with Crippen molar-refractivity contribution in [2.45, 2.75) is 60.2 Å². The van der Waals surface area contributed by atoms with Crippen molar-refractivity contribution in [2.24, 2.45) is 0 Å². The van der Waals surface area contributed by atoms with Crippen LogP contribution in [0.3, 0.4) is 0 Å². The third-order valence-corrected chi connectivity index (χ3v) is 11.9. The summed E-state index contributed by atoms with van der Waals surface area (Å²) in [6, 6.07) is 56.4. The summed E-state index contributed by atoms with van der Waals surface area (Å²) in [5, 5.41) is 3.28. The van der Waals surface area contributed by atoms with E-state index in [9.17, 15) is 0 Å². The van der Waals surface area contributed by atoms with Gasteiger partial charge in [-0.2, -0.15) is 0 Å². The number of pyridine rings is 1. The van der Waals surface area contributed by atoms with Crippen molar-refractivity contribution in [3.05, 3.63) is 198 Å². The van der Waals surface area contributed by atoms with Crippen molar-refractivity contribution in [1.29, 1.82) is 0 Å². The molecule has 0 unspecified atom stereocenters. The molecule has 6 heteroatoms. The Kier molecular flexibility index (Phi) is 10.1. The molecule has 0 aliphatic heterocycles. The first-order valence-corrected chi connectivity index (χ1v) is 21.6. The molecule has 0 N–H and O–H groups in total. The van der Waals surface area contributed by atoms with E-state index in [4.69, 9.17) is 22.0 Å². The quantitative estimate of drug-likeness (QED) is 0.149. The summed E-state index contributed by atoms with van der Waals surface area (Å²) in [5.74, 6) is 2.19. The molecule has 0 aliphatic carbocycles. The molecule has 0 spiro atoms.